The van der Waals surface area contributed by atoms with Crippen molar-refractivity contribution in [1.29, 1.82) is 0 Å². The third-order valence-corrected chi connectivity index (χ3v) is 3.39. The lowest BCUT2D eigenvalue weighted by Crippen LogP contribution is -2.30. The molecule has 2 N–H and O–H groups in total. The average Bonchev–Trinajstić information content (AvgIpc) is 2.49. The number of benzene rings is 2. The summed E-state index contributed by atoms with van der Waals surface area (Å²) in [5, 5.41) is 0.683. The molecule has 2 atom stereocenters. The molecule has 2 aromatic carbocycles. The number of carbonyl (C=O) groups excluding carboxylic acids is 1. The Bertz CT molecular complexity index is 581. The van der Waals surface area contributed by atoms with Gasteiger partial charge in [-0.2, -0.15) is 0 Å². The van der Waals surface area contributed by atoms with E-state index in [-0.39, 0.29) is 6.10 Å². The maximum atomic E-state index is 11.8. The van der Waals surface area contributed by atoms with Crippen LogP contribution in [0.15, 0.2) is 54.6 Å². The Kier molecular flexibility index (Phi) is 5.37. The van der Waals surface area contributed by atoms with E-state index in [4.69, 9.17) is 22.1 Å². The lowest BCUT2D eigenvalue weighted by molar-refractivity contribution is -0.150. The molecular weight excluding hydrogens is 286 g/mol. The highest BCUT2D eigenvalue weighted by Gasteiger charge is 2.19. The van der Waals surface area contributed by atoms with Crippen LogP contribution in [-0.2, 0) is 16.0 Å². The molecule has 0 saturated carbocycles. The van der Waals surface area contributed by atoms with E-state index in [0.29, 0.717) is 11.4 Å². The highest BCUT2D eigenvalue weighted by atomic mass is 35.5. The summed E-state index contributed by atoms with van der Waals surface area (Å²) in [6.45, 7) is 1.62. The predicted octanol–water partition coefficient (Wildman–Crippen LogP) is 3.51. The molecule has 2 aromatic rings. The van der Waals surface area contributed by atoms with Crippen molar-refractivity contribution in [2.75, 3.05) is 0 Å². The van der Waals surface area contributed by atoms with Gasteiger partial charge in [-0.05, 0) is 30.2 Å². The molecule has 0 aliphatic carbocycles. The van der Waals surface area contributed by atoms with Crippen LogP contribution < -0.4 is 5.73 Å². The van der Waals surface area contributed by atoms with Gasteiger partial charge in [-0.15, -0.1) is 0 Å². The minimum Gasteiger partial charge on any atom is -0.456 e. The van der Waals surface area contributed by atoms with Crippen LogP contribution >= 0.6 is 11.6 Å². The fourth-order valence-corrected chi connectivity index (χ4v) is 2.10. The first-order chi connectivity index (χ1) is 10.1. The van der Waals surface area contributed by atoms with Crippen molar-refractivity contribution >= 4 is 17.6 Å². The molecule has 0 aromatic heterocycles. The van der Waals surface area contributed by atoms with Crippen molar-refractivity contribution in [3.8, 4) is 0 Å². The molecular formula is C17H18ClNO2. The summed E-state index contributed by atoms with van der Waals surface area (Å²) in [5.41, 5.74) is 7.58. The minimum atomic E-state index is -0.638. The van der Waals surface area contributed by atoms with Crippen molar-refractivity contribution in [3.63, 3.8) is 0 Å². The van der Waals surface area contributed by atoms with Gasteiger partial charge in [0.05, 0.1) is 0 Å². The van der Waals surface area contributed by atoms with Gasteiger partial charge in [0, 0.05) is 11.4 Å². The lowest BCUT2D eigenvalue weighted by Gasteiger charge is -2.19. The minimum absolute atomic E-state index is 0.356. The van der Waals surface area contributed by atoms with E-state index in [2.05, 4.69) is 0 Å². The van der Waals surface area contributed by atoms with Crippen molar-refractivity contribution in [2.45, 2.75) is 25.5 Å². The van der Waals surface area contributed by atoms with Gasteiger partial charge in [-0.25, -0.2) is 0 Å². The number of rotatable bonds is 5. The first-order valence-corrected chi connectivity index (χ1v) is 7.19. The zero-order valence-corrected chi connectivity index (χ0v) is 12.6. The fourth-order valence-electron chi connectivity index (χ4n) is 1.98. The summed E-state index contributed by atoms with van der Waals surface area (Å²) in [6.07, 6.45) is 0.227. The van der Waals surface area contributed by atoms with E-state index in [0.717, 1.165) is 11.1 Å². The molecule has 110 valence electrons. The molecule has 0 amide bonds. The smallest absolute Gasteiger partial charge is 0.323 e. The van der Waals surface area contributed by atoms with E-state index in [1.807, 2.05) is 54.6 Å². The number of ether oxygens (including phenoxy) is 1. The molecule has 0 spiro atoms. The van der Waals surface area contributed by atoms with Crippen LogP contribution in [0, 0.1) is 0 Å². The number of esters is 1. The van der Waals surface area contributed by atoms with Gasteiger partial charge < -0.3 is 10.5 Å². The van der Waals surface area contributed by atoms with Crippen LogP contribution in [0.25, 0.3) is 0 Å². The van der Waals surface area contributed by atoms with Crippen LogP contribution in [0.4, 0.5) is 0 Å². The number of nitrogens with two attached hydrogens (primary N) is 1. The second kappa shape index (κ2) is 7.25. The fraction of sp³-hybridized carbons (Fsp3) is 0.235. The summed E-state index contributed by atoms with van der Waals surface area (Å²) in [4.78, 5) is 11.8. The first kappa shape index (κ1) is 15.5. The summed E-state index contributed by atoms with van der Waals surface area (Å²) in [6, 6.07) is 16.5. The zero-order valence-electron chi connectivity index (χ0n) is 11.8. The number of carbonyl (C=O) groups is 1. The van der Waals surface area contributed by atoms with Gasteiger partial charge in [-0.1, -0.05) is 54.1 Å². The molecule has 0 heterocycles. The Morgan fingerprint density at radius 3 is 2.33 bits per heavy atom. The molecule has 4 heteroatoms. The topological polar surface area (TPSA) is 52.3 Å². The summed E-state index contributed by atoms with van der Waals surface area (Å²) >= 11 is 5.89. The van der Waals surface area contributed by atoms with Gasteiger partial charge in [0.15, 0.2) is 0 Å². The SMILES string of the molecule is CC(N)C(=O)OC(Cc1ccc(Cl)cc1)c1ccccc1. The van der Waals surface area contributed by atoms with Crippen molar-refractivity contribution < 1.29 is 9.53 Å². The first-order valence-electron chi connectivity index (χ1n) is 6.81. The standard InChI is InChI=1S/C17H18ClNO2/c1-12(19)17(20)21-16(14-5-3-2-4-6-14)11-13-7-9-15(18)10-8-13/h2-10,12,16H,11,19H2,1H3. The highest BCUT2D eigenvalue weighted by Crippen LogP contribution is 2.23. The number of hydrogen-bond donors (Lipinski definition) is 1. The van der Waals surface area contributed by atoms with E-state index in [1.165, 1.54) is 0 Å². The van der Waals surface area contributed by atoms with Gasteiger partial charge in [0.25, 0.3) is 0 Å². The second-order valence-electron chi connectivity index (χ2n) is 4.96. The van der Waals surface area contributed by atoms with E-state index in [9.17, 15) is 4.79 Å². The highest BCUT2D eigenvalue weighted by molar-refractivity contribution is 6.30. The molecule has 2 unspecified atom stereocenters. The Hall–Kier alpha value is -1.84. The Morgan fingerprint density at radius 1 is 1.14 bits per heavy atom. The summed E-state index contributed by atoms with van der Waals surface area (Å²) in [5.74, 6) is -0.405. The summed E-state index contributed by atoms with van der Waals surface area (Å²) in [7, 11) is 0. The van der Waals surface area contributed by atoms with Gasteiger partial charge in [-0.3, -0.25) is 4.79 Å². The normalized spacial score (nSPS) is 13.5. The molecule has 21 heavy (non-hydrogen) atoms. The van der Waals surface area contributed by atoms with Crippen LogP contribution in [-0.4, -0.2) is 12.0 Å². The van der Waals surface area contributed by atoms with E-state index in [1.54, 1.807) is 6.92 Å². The molecule has 0 bridgehead atoms. The van der Waals surface area contributed by atoms with Crippen molar-refractivity contribution in [1.82, 2.24) is 0 Å². The molecule has 0 aliphatic heterocycles. The van der Waals surface area contributed by atoms with Crippen LogP contribution in [0.2, 0.25) is 5.02 Å². The third kappa shape index (κ3) is 4.59. The van der Waals surface area contributed by atoms with Gasteiger partial charge in [0.1, 0.15) is 12.1 Å². The predicted molar refractivity (Wildman–Crippen MR) is 84.1 cm³/mol. The van der Waals surface area contributed by atoms with Crippen LogP contribution in [0.3, 0.4) is 0 Å². The molecule has 2 rings (SSSR count). The molecule has 0 aliphatic rings. The van der Waals surface area contributed by atoms with E-state index < -0.39 is 12.0 Å². The van der Waals surface area contributed by atoms with Crippen LogP contribution in [0.5, 0.6) is 0 Å². The Morgan fingerprint density at radius 2 is 1.76 bits per heavy atom. The molecule has 0 fully saturated rings. The Balaban J connectivity index is 2.19. The maximum absolute atomic E-state index is 11.8. The van der Waals surface area contributed by atoms with Crippen molar-refractivity contribution in [2.24, 2.45) is 5.73 Å². The number of hydrogen-bond acceptors (Lipinski definition) is 3. The van der Waals surface area contributed by atoms with Crippen LogP contribution in [0.1, 0.15) is 24.2 Å². The lowest BCUT2D eigenvalue weighted by atomic mass is 10.0. The van der Waals surface area contributed by atoms with Gasteiger partial charge in [0.2, 0.25) is 0 Å². The molecule has 0 radical (unpaired) electrons. The molecule has 3 nitrogen and oxygen atoms in total. The Labute approximate surface area is 129 Å². The number of halogens is 1. The average molecular weight is 304 g/mol. The van der Waals surface area contributed by atoms with Crippen molar-refractivity contribution in [3.05, 3.63) is 70.7 Å². The molecule has 0 saturated heterocycles. The largest absolute Gasteiger partial charge is 0.456 e. The summed E-state index contributed by atoms with van der Waals surface area (Å²) < 4.78 is 5.54. The maximum Gasteiger partial charge on any atom is 0.323 e. The zero-order chi connectivity index (χ0) is 15.2. The van der Waals surface area contributed by atoms with Gasteiger partial charge >= 0.3 is 5.97 Å². The quantitative estimate of drug-likeness (QED) is 0.860. The third-order valence-electron chi connectivity index (χ3n) is 3.14. The second-order valence-corrected chi connectivity index (χ2v) is 5.39. The monoisotopic (exact) mass is 303 g/mol. The van der Waals surface area contributed by atoms with E-state index >= 15 is 0 Å².